The van der Waals surface area contributed by atoms with Crippen LogP contribution in [0.1, 0.15) is 57.4 Å². The van der Waals surface area contributed by atoms with Gasteiger partial charge in [-0.25, -0.2) is 4.39 Å². The average Bonchev–Trinajstić information content (AvgIpc) is 3.20. The zero-order valence-electron chi connectivity index (χ0n) is 17.6. The maximum atomic E-state index is 13.3. The smallest absolute Gasteiger partial charge is 0.225 e. The number of amides is 1. The number of benzene rings is 1. The maximum absolute atomic E-state index is 13.3. The maximum Gasteiger partial charge on any atom is 0.225 e. The van der Waals surface area contributed by atoms with Crippen LogP contribution in [0.3, 0.4) is 0 Å². The van der Waals surface area contributed by atoms with Crippen LogP contribution in [0.2, 0.25) is 0 Å². The zero-order valence-corrected chi connectivity index (χ0v) is 17.6. The van der Waals surface area contributed by atoms with Gasteiger partial charge in [-0.15, -0.1) is 0 Å². The van der Waals surface area contributed by atoms with E-state index in [9.17, 15) is 9.18 Å². The van der Waals surface area contributed by atoms with Crippen molar-refractivity contribution >= 4 is 11.9 Å². The highest BCUT2D eigenvalue weighted by atomic mass is 19.1. The summed E-state index contributed by atoms with van der Waals surface area (Å²) in [6, 6.07) is 7.01. The molecule has 1 aromatic carbocycles. The average molecular weight is 403 g/mol. The Balaban J connectivity index is 1.44. The van der Waals surface area contributed by atoms with Crippen LogP contribution in [0.4, 0.5) is 4.39 Å². The third-order valence-electron chi connectivity index (χ3n) is 5.92. The number of hydrogen-bond donors (Lipinski definition) is 2. The lowest BCUT2D eigenvalue weighted by atomic mass is 9.88. The molecule has 2 aliphatic rings. The summed E-state index contributed by atoms with van der Waals surface area (Å²) in [6.45, 7) is 5.14. The molecule has 1 heterocycles. The van der Waals surface area contributed by atoms with Crippen molar-refractivity contribution in [3.8, 4) is 0 Å². The van der Waals surface area contributed by atoms with Gasteiger partial charge in [0, 0.05) is 38.1 Å². The van der Waals surface area contributed by atoms with Gasteiger partial charge in [-0.2, -0.15) is 0 Å². The highest BCUT2D eigenvalue weighted by Crippen LogP contribution is 2.26. The van der Waals surface area contributed by atoms with Crippen molar-refractivity contribution < 1.29 is 9.18 Å². The van der Waals surface area contributed by atoms with Crippen molar-refractivity contribution in [2.24, 2.45) is 10.9 Å². The van der Waals surface area contributed by atoms with Gasteiger partial charge in [0.05, 0.1) is 0 Å². The summed E-state index contributed by atoms with van der Waals surface area (Å²) in [7, 11) is 0. The highest BCUT2D eigenvalue weighted by Gasteiger charge is 2.31. The fourth-order valence-corrected chi connectivity index (χ4v) is 4.37. The third kappa shape index (κ3) is 6.72. The molecular formula is C23H35FN4O. The van der Waals surface area contributed by atoms with Gasteiger partial charge in [-0.1, -0.05) is 31.4 Å². The second kappa shape index (κ2) is 11.2. The van der Waals surface area contributed by atoms with Gasteiger partial charge in [-0.3, -0.25) is 9.79 Å². The molecule has 1 saturated heterocycles. The van der Waals surface area contributed by atoms with E-state index < -0.39 is 0 Å². The molecule has 0 radical (unpaired) electrons. The minimum Gasteiger partial charge on any atom is -0.357 e. The van der Waals surface area contributed by atoms with Gasteiger partial charge >= 0.3 is 0 Å². The molecule has 1 unspecified atom stereocenters. The largest absolute Gasteiger partial charge is 0.357 e. The second-order valence-corrected chi connectivity index (χ2v) is 8.24. The molecule has 3 rings (SSSR count). The van der Waals surface area contributed by atoms with E-state index in [1.54, 1.807) is 12.1 Å². The van der Waals surface area contributed by atoms with Crippen LogP contribution in [0, 0.1) is 11.7 Å². The molecule has 5 nitrogen and oxygen atoms in total. The minimum absolute atomic E-state index is 0.186. The van der Waals surface area contributed by atoms with Crippen molar-refractivity contribution in [2.45, 2.75) is 64.3 Å². The number of guanidine groups is 1. The van der Waals surface area contributed by atoms with Crippen LogP contribution < -0.4 is 10.6 Å². The number of rotatable bonds is 7. The lowest BCUT2D eigenvalue weighted by Gasteiger charge is -2.26. The van der Waals surface area contributed by atoms with Gasteiger partial charge in [-0.05, 0) is 56.7 Å². The Kier molecular flexibility index (Phi) is 8.32. The highest BCUT2D eigenvalue weighted by molar-refractivity contribution is 5.81. The minimum atomic E-state index is -0.186. The summed E-state index contributed by atoms with van der Waals surface area (Å²) in [4.78, 5) is 19.5. The number of carbonyl (C=O) groups is 1. The second-order valence-electron chi connectivity index (χ2n) is 8.24. The van der Waals surface area contributed by atoms with Gasteiger partial charge in [0.2, 0.25) is 5.91 Å². The molecule has 0 bridgehead atoms. The van der Waals surface area contributed by atoms with Crippen LogP contribution in [-0.2, 0) is 11.2 Å². The zero-order chi connectivity index (χ0) is 20.5. The number of carbonyl (C=O) groups excluding carboxylic acids is 1. The molecule has 1 aliphatic heterocycles. The van der Waals surface area contributed by atoms with Crippen LogP contribution in [-0.4, -0.2) is 49.0 Å². The van der Waals surface area contributed by atoms with E-state index >= 15 is 0 Å². The Labute approximate surface area is 174 Å². The number of nitrogens with zero attached hydrogens (tertiary/aromatic N) is 2. The number of likely N-dealkylation sites (tertiary alicyclic amines) is 1. The lowest BCUT2D eigenvalue weighted by Crippen LogP contribution is -2.45. The fraction of sp³-hybridized carbons (Fsp3) is 0.652. The Morgan fingerprint density at radius 1 is 1.24 bits per heavy atom. The normalized spacial score (nSPS) is 20.7. The Morgan fingerprint density at radius 3 is 2.83 bits per heavy atom. The Morgan fingerprint density at radius 2 is 2.07 bits per heavy atom. The van der Waals surface area contributed by atoms with Gasteiger partial charge in [0.25, 0.3) is 0 Å². The van der Waals surface area contributed by atoms with Crippen molar-refractivity contribution in [2.75, 3.05) is 26.2 Å². The molecule has 1 aliphatic carbocycles. The Bertz CT molecular complexity index is 687. The molecule has 1 atom stereocenters. The van der Waals surface area contributed by atoms with Crippen molar-refractivity contribution in [3.05, 3.63) is 35.6 Å². The number of aliphatic imine (C=N–C) groups is 1. The number of aryl methyl sites for hydroxylation is 1. The van der Waals surface area contributed by atoms with Gasteiger partial charge in [0.15, 0.2) is 5.96 Å². The molecule has 29 heavy (non-hydrogen) atoms. The van der Waals surface area contributed by atoms with E-state index in [2.05, 4.69) is 22.5 Å². The van der Waals surface area contributed by atoms with Crippen LogP contribution in [0.5, 0.6) is 0 Å². The van der Waals surface area contributed by atoms with Crippen LogP contribution >= 0.6 is 0 Å². The molecule has 1 saturated carbocycles. The van der Waals surface area contributed by atoms with E-state index in [-0.39, 0.29) is 17.8 Å². The molecule has 0 spiro atoms. The first-order valence-electron chi connectivity index (χ1n) is 11.2. The molecule has 6 heteroatoms. The fourth-order valence-electron chi connectivity index (χ4n) is 4.37. The summed E-state index contributed by atoms with van der Waals surface area (Å²) < 4.78 is 13.3. The molecule has 160 valence electrons. The topological polar surface area (TPSA) is 56.7 Å². The Hall–Kier alpha value is -2.11. The molecule has 2 N–H and O–H groups in total. The molecule has 2 fully saturated rings. The molecule has 1 amide bonds. The van der Waals surface area contributed by atoms with E-state index in [1.807, 2.05) is 11.0 Å². The van der Waals surface area contributed by atoms with E-state index in [4.69, 9.17) is 0 Å². The number of halogens is 1. The number of hydrogen-bond acceptors (Lipinski definition) is 2. The third-order valence-corrected chi connectivity index (χ3v) is 5.92. The van der Waals surface area contributed by atoms with Gasteiger partial charge in [0.1, 0.15) is 5.82 Å². The summed E-state index contributed by atoms with van der Waals surface area (Å²) in [5, 5.41) is 6.80. The first-order chi connectivity index (χ1) is 14.2. The first kappa shape index (κ1) is 21.6. The standard InChI is InChI=1S/C23H35FN4O/c1-2-25-23(26-14-7-9-18-8-6-12-20(24)16-18)27-21-13-15-28(17-21)22(29)19-10-4-3-5-11-19/h6,8,12,16,19,21H,2-5,7,9-11,13-15,17H2,1H3,(H2,25,26,27). The summed E-state index contributed by atoms with van der Waals surface area (Å²) >= 11 is 0. The molecular weight excluding hydrogens is 367 g/mol. The quantitative estimate of drug-likeness (QED) is 0.417. The monoisotopic (exact) mass is 402 g/mol. The summed E-state index contributed by atoms with van der Waals surface area (Å²) in [5.74, 6) is 1.22. The lowest BCUT2D eigenvalue weighted by molar-refractivity contribution is -0.135. The summed E-state index contributed by atoms with van der Waals surface area (Å²) in [5.41, 5.74) is 1.01. The van der Waals surface area contributed by atoms with Gasteiger partial charge < -0.3 is 15.5 Å². The van der Waals surface area contributed by atoms with E-state index in [0.29, 0.717) is 12.5 Å². The molecule has 0 aromatic heterocycles. The van der Waals surface area contributed by atoms with E-state index in [0.717, 1.165) is 63.3 Å². The number of nitrogens with one attached hydrogen (secondary N) is 2. The first-order valence-corrected chi connectivity index (χ1v) is 11.2. The van der Waals surface area contributed by atoms with Crippen molar-refractivity contribution in [3.63, 3.8) is 0 Å². The van der Waals surface area contributed by atoms with Crippen molar-refractivity contribution in [1.29, 1.82) is 0 Å². The predicted molar refractivity (Wildman–Crippen MR) is 115 cm³/mol. The summed E-state index contributed by atoms with van der Waals surface area (Å²) in [6.07, 6.45) is 8.43. The molecule has 1 aromatic rings. The SMILES string of the molecule is CCNC(=NCCCc1cccc(F)c1)NC1CCN(C(=O)C2CCCCC2)C1. The van der Waals surface area contributed by atoms with E-state index in [1.165, 1.54) is 25.3 Å². The van der Waals surface area contributed by atoms with Crippen LogP contribution in [0.15, 0.2) is 29.3 Å². The van der Waals surface area contributed by atoms with Crippen molar-refractivity contribution in [1.82, 2.24) is 15.5 Å². The predicted octanol–water partition coefficient (Wildman–Crippen LogP) is 3.49. The van der Waals surface area contributed by atoms with Crippen LogP contribution in [0.25, 0.3) is 0 Å².